The summed E-state index contributed by atoms with van der Waals surface area (Å²) in [4.78, 5) is 29.9. The maximum absolute atomic E-state index is 12.8. The largest absolute Gasteiger partial charge is 0.463 e. The SMILES string of the molecule is CCOC(=O)C1=C(C)Nc2nc(SCC(=O)c3ccc(Br)cc3)nn2[C@@H]1c1ccc(Cl)cc1. The van der Waals surface area contributed by atoms with Gasteiger partial charge >= 0.3 is 5.97 Å². The molecular formula is C23H20BrClN4O3S. The molecule has 0 spiro atoms. The van der Waals surface area contributed by atoms with Crippen LogP contribution in [0.5, 0.6) is 0 Å². The van der Waals surface area contributed by atoms with E-state index in [4.69, 9.17) is 16.3 Å². The smallest absolute Gasteiger partial charge is 0.338 e. The molecule has 1 N–H and O–H groups in total. The van der Waals surface area contributed by atoms with Gasteiger partial charge in [-0.2, -0.15) is 4.98 Å². The fourth-order valence-corrected chi connectivity index (χ4v) is 4.58. The lowest BCUT2D eigenvalue weighted by Crippen LogP contribution is -2.29. The summed E-state index contributed by atoms with van der Waals surface area (Å²) in [6, 6.07) is 13.9. The zero-order chi connectivity index (χ0) is 23.5. The van der Waals surface area contributed by atoms with Gasteiger partial charge in [-0.3, -0.25) is 4.79 Å². The number of rotatable bonds is 7. The number of halogens is 2. The van der Waals surface area contributed by atoms with Crippen molar-refractivity contribution >= 4 is 57.0 Å². The van der Waals surface area contributed by atoms with E-state index in [0.717, 1.165) is 10.0 Å². The molecule has 0 fully saturated rings. The Labute approximate surface area is 208 Å². The summed E-state index contributed by atoms with van der Waals surface area (Å²) in [5.41, 5.74) is 2.51. The van der Waals surface area contributed by atoms with E-state index >= 15 is 0 Å². The number of esters is 1. The number of anilines is 1. The third-order valence-electron chi connectivity index (χ3n) is 5.01. The molecule has 0 unspecified atom stereocenters. The molecule has 0 bridgehead atoms. The standard InChI is InChI=1S/C23H20BrClN4O3S/c1-3-32-21(31)19-13(2)26-22-27-23(33-12-18(30)14-4-8-16(24)9-5-14)28-29(22)20(19)15-6-10-17(25)11-7-15/h4-11,20H,3,12H2,1-2H3,(H,26,27,28)/t20-/m1/s1. The molecule has 1 aliphatic rings. The van der Waals surface area contributed by atoms with Gasteiger partial charge in [-0.05, 0) is 43.7 Å². The maximum atomic E-state index is 12.8. The van der Waals surface area contributed by atoms with Gasteiger partial charge in [-0.25, -0.2) is 9.48 Å². The Morgan fingerprint density at radius 1 is 1.18 bits per heavy atom. The maximum Gasteiger partial charge on any atom is 0.338 e. The molecule has 0 aliphatic carbocycles. The molecule has 1 aliphatic heterocycles. The Kier molecular flexibility index (Phi) is 7.21. The number of ether oxygens (including phenoxy) is 1. The van der Waals surface area contributed by atoms with Crippen LogP contribution >= 0.6 is 39.3 Å². The molecule has 0 saturated carbocycles. The van der Waals surface area contributed by atoms with Crippen LogP contribution in [0.2, 0.25) is 5.02 Å². The highest BCUT2D eigenvalue weighted by Crippen LogP contribution is 2.37. The Hall–Kier alpha value is -2.62. The number of Topliss-reactive ketones (excluding diaryl/α,β-unsaturated/α-hetero) is 1. The van der Waals surface area contributed by atoms with Crippen molar-refractivity contribution < 1.29 is 14.3 Å². The summed E-state index contributed by atoms with van der Waals surface area (Å²) in [5, 5.41) is 8.78. The number of hydrogen-bond donors (Lipinski definition) is 1. The highest BCUT2D eigenvalue weighted by Gasteiger charge is 2.35. The van der Waals surface area contributed by atoms with Crippen molar-refractivity contribution in [2.24, 2.45) is 0 Å². The molecule has 10 heteroatoms. The molecule has 3 aromatic rings. The number of nitrogens with one attached hydrogen (secondary N) is 1. The van der Waals surface area contributed by atoms with Crippen molar-refractivity contribution in [3.8, 4) is 0 Å². The Morgan fingerprint density at radius 3 is 2.55 bits per heavy atom. The molecule has 7 nitrogen and oxygen atoms in total. The lowest BCUT2D eigenvalue weighted by atomic mass is 9.96. The molecule has 4 rings (SSSR count). The molecule has 170 valence electrons. The second-order valence-electron chi connectivity index (χ2n) is 7.22. The summed E-state index contributed by atoms with van der Waals surface area (Å²) in [5.74, 6) is 0.222. The number of carbonyl (C=O) groups excluding carboxylic acids is 2. The van der Waals surface area contributed by atoms with E-state index in [1.54, 1.807) is 42.8 Å². The van der Waals surface area contributed by atoms with Crippen LogP contribution in [-0.4, -0.2) is 38.9 Å². The predicted molar refractivity (Wildman–Crippen MR) is 132 cm³/mol. The van der Waals surface area contributed by atoms with Crippen molar-refractivity contribution in [2.75, 3.05) is 17.7 Å². The van der Waals surface area contributed by atoms with Crippen molar-refractivity contribution in [2.45, 2.75) is 25.0 Å². The van der Waals surface area contributed by atoms with Crippen molar-refractivity contribution in [1.82, 2.24) is 14.8 Å². The first-order valence-electron chi connectivity index (χ1n) is 10.2. The second kappa shape index (κ2) is 10.1. The van der Waals surface area contributed by atoms with E-state index in [0.29, 0.717) is 33.0 Å². The normalized spacial score (nSPS) is 15.1. The van der Waals surface area contributed by atoms with E-state index in [-0.39, 0.29) is 18.1 Å². The van der Waals surface area contributed by atoms with Gasteiger partial charge in [0, 0.05) is 20.8 Å². The van der Waals surface area contributed by atoms with Gasteiger partial charge in [-0.15, -0.1) is 5.10 Å². The quantitative estimate of drug-likeness (QED) is 0.237. The van der Waals surface area contributed by atoms with E-state index in [1.807, 2.05) is 24.3 Å². The first-order chi connectivity index (χ1) is 15.9. The number of ketones is 1. The minimum absolute atomic E-state index is 0.0241. The Bertz CT molecular complexity index is 1230. The number of carbonyl (C=O) groups is 2. The van der Waals surface area contributed by atoms with Crippen molar-refractivity contribution in [3.05, 3.63) is 80.4 Å². The highest BCUT2D eigenvalue weighted by molar-refractivity contribution is 9.10. The number of benzene rings is 2. The summed E-state index contributed by atoms with van der Waals surface area (Å²) >= 11 is 10.7. The van der Waals surface area contributed by atoms with Gasteiger partial charge in [-0.1, -0.05) is 63.6 Å². The van der Waals surface area contributed by atoms with Crippen LogP contribution in [0.15, 0.2) is 69.4 Å². The zero-order valence-electron chi connectivity index (χ0n) is 17.8. The minimum atomic E-state index is -0.540. The number of thioether (sulfide) groups is 1. The van der Waals surface area contributed by atoms with Gasteiger partial charge < -0.3 is 10.1 Å². The molecule has 33 heavy (non-hydrogen) atoms. The summed E-state index contributed by atoms with van der Waals surface area (Å²) in [6.45, 7) is 3.82. The van der Waals surface area contributed by atoms with Crippen LogP contribution in [0, 0.1) is 0 Å². The summed E-state index contributed by atoms with van der Waals surface area (Å²) in [6.07, 6.45) is 0. The number of fused-ring (bicyclic) bond motifs is 1. The molecule has 0 radical (unpaired) electrons. The van der Waals surface area contributed by atoms with E-state index in [9.17, 15) is 9.59 Å². The van der Waals surface area contributed by atoms with Crippen molar-refractivity contribution in [3.63, 3.8) is 0 Å². The molecule has 1 aromatic heterocycles. The number of allylic oxidation sites excluding steroid dienone is 1. The van der Waals surface area contributed by atoms with E-state index in [2.05, 4.69) is 31.3 Å². The fraction of sp³-hybridized carbons (Fsp3) is 0.217. The van der Waals surface area contributed by atoms with Gasteiger partial charge in [0.25, 0.3) is 0 Å². The van der Waals surface area contributed by atoms with Crippen LogP contribution in [-0.2, 0) is 9.53 Å². The highest BCUT2D eigenvalue weighted by atomic mass is 79.9. The van der Waals surface area contributed by atoms with Gasteiger partial charge in [0.15, 0.2) is 5.78 Å². The van der Waals surface area contributed by atoms with Crippen LogP contribution in [0.4, 0.5) is 5.95 Å². The number of aromatic nitrogens is 3. The second-order valence-corrected chi connectivity index (χ2v) is 9.51. The first kappa shape index (κ1) is 23.5. The Morgan fingerprint density at radius 2 is 1.88 bits per heavy atom. The topological polar surface area (TPSA) is 86.1 Å². The molecule has 2 heterocycles. The Balaban J connectivity index is 1.63. The van der Waals surface area contributed by atoms with Crippen LogP contribution < -0.4 is 5.32 Å². The lowest BCUT2D eigenvalue weighted by molar-refractivity contribution is -0.139. The average Bonchev–Trinajstić information content (AvgIpc) is 3.20. The summed E-state index contributed by atoms with van der Waals surface area (Å²) < 4.78 is 7.87. The molecule has 2 aromatic carbocycles. The molecule has 0 amide bonds. The number of hydrogen-bond acceptors (Lipinski definition) is 7. The van der Waals surface area contributed by atoms with Crippen LogP contribution in [0.25, 0.3) is 0 Å². The van der Waals surface area contributed by atoms with E-state index < -0.39 is 12.0 Å². The first-order valence-corrected chi connectivity index (χ1v) is 12.3. The third kappa shape index (κ3) is 5.15. The predicted octanol–water partition coefficient (Wildman–Crippen LogP) is 5.52. The molecular weight excluding hydrogens is 528 g/mol. The van der Waals surface area contributed by atoms with E-state index in [1.165, 1.54) is 11.8 Å². The van der Waals surface area contributed by atoms with Gasteiger partial charge in [0.05, 0.1) is 17.9 Å². The molecule has 0 saturated heterocycles. The third-order valence-corrected chi connectivity index (χ3v) is 6.63. The number of nitrogens with zero attached hydrogens (tertiary/aromatic N) is 3. The summed E-state index contributed by atoms with van der Waals surface area (Å²) in [7, 11) is 0. The average molecular weight is 548 g/mol. The minimum Gasteiger partial charge on any atom is -0.463 e. The van der Waals surface area contributed by atoms with Gasteiger partial charge in [0.2, 0.25) is 11.1 Å². The monoisotopic (exact) mass is 546 g/mol. The van der Waals surface area contributed by atoms with Crippen LogP contribution in [0.3, 0.4) is 0 Å². The lowest BCUT2D eigenvalue weighted by Gasteiger charge is -2.28. The van der Waals surface area contributed by atoms with Crippen LogP contribution in [0.1, 0.15) is 35.8 Å². The van der Waals surface area contributed by atoms with Crippen molar-refractivity contribution in [1.29, 1.82) is 0 Å². The molecule has 1 atom stereocenters. The fourth-order valence-electron chi connectivity index (χ4n) is 3.47. The van der Waals surface area contributed by atoms with Gasteiger partial charge in [0.1, 0.15) is 6.04 Å². The zero-order valence-corrected chi connectivity index (χ0v) is 21.0.